The molecule has 1 heterocycles. The summed E-state index contributed by atoms with van der Waals surface area (Å²) < 4.78 is 5.12. The van der Waals surface area contributed by atoms with Gasteiger partial charge in [0, 0.05) is 32.2 Å². The van der Waals surface area contributed by atoms with E-state index in [2.05, 4.69) is 5.32 Å². The molecule has 0 bridgehead atoms. The average molecular weight is 287 g/mol. The van der Waals surface area contributed by atoms with E-state index < -0.39 is 10.5 Å². The monoisotopic (exact) mass is 286 g/mol. The molecule has 7 heteroatoms. The Bertz CT molecular complexity index is 475. The van der Waals surface area contributed by atoms with Crippen LogP contribution in [-0.2, 0) is 11.3 Å². The number of halogens is 1. The number of rotatable bonds is 5. The van der Waals surface area contributed by atoms with Crippen LogP contribution in [0.3, 0.4) is 0 Å². The number of ether oxygens (including phenoxy) is 1. The number of aliphatic hydroxyl groups is 1. The molecule has 6 nitrogen and oxygen atoms in total. The van der Waals surface area contributed by atoms with Gasteiger partial charge in [0.05, 0.1) is 22.1 Å². The fraction of sp³-hybridized carbons (Fsp3) is 0.500. The van der Waals surface area contributed by atoms with E-state index in [1.807, 2.05) is 0 Å². The Labute approximate surface area is 115 Å². The second kappa shape index (κ2) is 5.83. The summed E-state index contributed by atoms with van der Waals surface area (Å²) in [6, 6.07) is 4.57. The fourth-order valence-corrected chi connectivity index (χ4v) is 2.29. The molecule has 1 saturated heterocycles. The van der Waals surface area contributed by atoms with Gasteiger partial charge in [-0.2, -0.15) is 0 Å². The lowest BCUT2D eigenvalue weighted by Gasteiger charge is -2.20. The third kappa shape index (κ3) is 3.42. The molecule has 0 saturated carbocycles. The molecule has 0 radical (unpaired) electrons. The summed E-state index contributed by atoms with van der Waals surface area (Å²) in [6.07, 6.45) is 0.560. The van der Waals surface area contributed by atoms with Crippen molar-refractivity contribution in [3.63, 3.8) is 0 Å². The van der Waals surface area contributed by atoms with Crippen molar-refractivity contribution in [2.75, 3.05) is 19.8 Å². The number of benzene rings is 1. The fourth-order valence-electron chi connectivity index (χ4n) is 2.05. The lowest BCUT2D eigenvalue weighted by molar-refractivity contribution is -0.385. The van der Waals surface area contributed by atoms with E-state index in [1.54, 1.807) is 12.1 Å². The lowest BCUT2D eigenvalue weighted by Crippen LogP contribution is -2.40. The number of nitrogens with zero attached hydrogens (tertiary/aromatic N) is 1. The molecule has 1 fully saturated rings. The molecule has 1 aliphatic rings. The van der Waals surface area contributed by atoms with Gasteiger partial charge < -0.3 is 15.2 Å². The van der Waals surface area contributed by atoms with Crippen molar-refractivity contribution in [3.05, 3.63) is 38.9 Å². The summed E-state index contributed by atoms with van der Waals surface area (Å²) in [7, 11) is 0. The number of nitro groups is 1. The highest BCUT2D eigenvalue weighted by Crippen LogP contribution is 2.26. The summed E-state index contributed by atoms with van der Waals surface area (Å²) in [5.41, 5.74) is -0.484. The zero-order valence-corrected chi connectivity index (χ0v) is 11.0. The van der Waals surface area contributed by atoms with Crippen LogP contribution >= 0.6 is 11.6 Å². The van der Waals surface area contributed by atoms with Gasteiger partial charge in [-0.3, -0.25) is 10.1 Å². The molecule has 2 N–H and O–H groups in total. The van der Waals surface area contributed by atoms with Gasteiger partial charge in [-0.1, -0.05) is 17.7 Å². The van der Waals surface area contributed by atoms with Crippen molar-refractivity contribution in [2.24, 2.45) is 0 Å². The number of hydrogen-bond acceptors (Lipinski definition) is 5. The van der Waals surface area contributed by atoms with Crippen LogP contribution in [-0.4, -0.2) is 35.4 Å². The quantitative estimate of drug-likeness (QED) is 0.633. The van der Waals surface area contributed by atoms with Crippen molar-refractivity contribution in [2.45, 2.75) is 18.6 Å². The molecule has 19 heavy (non-hydrogen) atoms. The maximum Gasteiger partial charge on any atom is 0.275 e. The highest BCUT2D eigenvalue weighted by Gasteiger charge is 2.31. The smallest absolute Gasteiger partial charge is 0.275 e. The van der Waals surface area contributed by atoms with Crippen molar-refractivity contribution < 1.29 is 14.8 Å². The van der Waals surface area contributed by atoms with Gasteiger partial charge in [0.25, 0.3) is 5.69 Å². The van der Waals surface area contributed by atoms with Crippen molar-refractivity contribution in [1.82, 2.24) is 5.32 Å². The largest absolute Gasteiger partial charge is 0.386 e. The van der Waals surface area contributed by atoms with E-state index in [4.69, 9.17) is 16.3 Å². The van der Waals surface area contributed by atoms with Crippen molar-refractivity contribution >= 4 is 17.3 Å². The standard InChI is InChI=1S/C12H15ClN2O4/c13-10-2-1-3-11(15(17)18)9(10)6-14-7-12(16)4-5-19-8-12/h1-3,14,16H,4-8H2. The maximum atomic E-state index is 10.9. The molecule has 0 amide bonds. The Morgan fingerprint density at radius 1 is 1.58 bits per heavy atom. The van der Waals surface area contributed by atoms with E-state index in [-0.39, 0.29) is 18.8 Å². The second-order valence-corrected chi connectivity index (χ2v) is 5.03. The van der Waals surface area contributed by atoms with E-state index in [1.165, 1.54) is 6.07 Å². The van der Waals surface area contributed by atoms with Crippen LogP contribution in [0.15, 0.2) is 18.2 Å². The highest BCUT2D eigenvalue weighted by atomic mass is 35.5. The normalized spacial score (nSPS) is 22.6. The number of nitro benzene ring substituents is 1. The van der Waals surface area contributed by atoms with Crippen LogP contribution in [0.2, 0.25) is 5.02 Å². The zero-order chi connectivity index (χ0) is 13.9. The first kappa shape index (κ1) is 14.2. The Balaban J connectivity index is 2.01. The molecule has 1 aromatic rings. The SMILES string of the molecule is O=[N+]([O-])c1cccc(Cl)c1CNCC1(O)CCOC1. The minimum absolute atomic E-state index is 0.0188. The Kier molecular flexibility index (Phi) is 4.36. The molecule has 1 aliphatic heterocycles. The molecule has 1 unspecified atom stereocenters. The Hall–Kier alpha value is -1.21. The Morgan fingerprint density at radius 3 is 3.00 bits per heavy atom. The maximum absolute atomic E-state index is 10.9. The third-order valence-corrected chi connectivity index (χ3v) is 3.48. The first-order chi connectivity index (χ1) is 9.02. The van der Waals surface area contributed by atoms with E-state index >= 15 is 0 Å². The van der Waals surface area contributed by atoms with E-state index in [0.717, 1.165) is 0 Å². The van der Waals surface area contributed by atoms with Gasteiger partial charge >= 0.3 is 0 Å². The Morgan fingerprint density at radius 2 is 2.37 bits per heavy atom. The van der Waals surface area contributed by atoms with Gasteiger partial charge in [0.15, 0.2) is 0 Å². The molecule has 1 atom stereocenters. The lowest BCUT2D eigenvalue weighted by atomic mass is 10.0. The molecule has 0 spiro atoms. The summed E-state index contributed by atoms with van der Waals surface area (Å²) in [4.78, 5) is 10.4. The minimum atomic E-state index is -0.893. The molecule has 104 valence electrons. The minimum Gasteiger partial charge on any atom is -0.386 e. The van der Waals surface area contributed by atoms with E-state index in [0.29, 0.717) is 30.2 Å². The van der Waals surface area contributed by atoms with Crippen LogP contribution < -0.4 is 5.32 Å². The van der Waals surface area contributed by atoms with Gasteiger partial charge in [-0.25, -0.2) is 0 Å². The van der Waals surface area contributed by atoms with Crippen molar-refractivity contribution in [1.29, 1.82) is 0 Å². The van der Waals surface area contributed by atoms with Crippen LogP contribution in [0.1, 0.15) is 12.0 Å². The summed E-state index contributed by atoms with van der Waals surface area (Å²) in [6.45, 7) is 1.36. The van der Waals surface area contributed by atoms with Crippen LogP contribution in [0.25, 0.3) is 0 Å². The van der Waals surface area contributed by atoms with Crippen molar-refractivity contribution in [3.8, 4) is 0 Å². The number of hydrogen-bond donors (Lipinski definition) is 2. The summed E-state index contributed by atoms with van der Waals surface area (Å²) >= 11 is 5.97. The first-order valence-electron chi connectivity index (χ1n) is 5.94. The zero-order valence-electron chi connectivity index (χ0n) is 10.3. The molecular weight excluding hydrogens is 272 g/mol. The second-order valence-electron chi connectivity index (χ2n) is 4.63. The topological polar surface area (TPSA) is 84.6 Å². The molecule has 0 aromatic heterocycles. The highest BCUT2D eigenvalue weighted by molar-refractivity contribution is 6.31. The molecule has 2 rings (SSSR count). The van der Waals surface area contributed by atoms with Crippen LogP contribution in [0, 0.1) is 10.1 Å². The molecular formula is C12H15ClN2O4. The van der Waals surface area contributed by atoms with Crippen LogP contribution in [0.5, 0.6) is 0 Å². The van der Waals surface area contributed by atoms with Gasteiger partial charge in [0.1, 0.15) is 5.60 Å². The van der Waals surface area contributed by atoms with E-state index in [9.17, 15) is 15.2 Å². The van der Waals surface area contributed by atoms with Gasteiger partial charge in [-0.15, -0.1) is 0 Å². The first-order valence-corrected chi connectivity index (χ1v) is 6.32. The third-order valence-electron chi connectivity index (χ3n) is 3.13. The predicted molar refractivity (Wildman–Crippen MR) is 70.2 cm³/mol. The van der Waals surface area contributed by atoms with Gasteiger partial charge in [0.2, 0.25) is 0 Å². The average Bonchev–Trinajstić information content (AvgIpc) is 2.78. The van der Waals surface area contributed by atoms with Crippen LogP contribution in [0.4, 0.5) is 5.69 Å². The summed E-state index contributed by atoms with van der Waals surface area (Å²) in [5, 5.41) is 24.3. The predicted octanol–water partition coefficient (Wildman–Crippen LogP) is 1.49. The van der Waals surface area contributed by atoms with Gasteiger partial charge in [-0.05, 0) is 6.07 Å². The molecule has 0 aliphatic carbocycles. The number of nitrogens with one attached hydrogen (secondary N) is 1. The molecule has 1 aromatic carbocycles. The summed E-state index contributed by atoms with van der Waals surface area (Å²) in [5.74, 6) is 0.